The zero-order valence-electron chi connectivity index (χ0n) is 23.0. The number of nitrogens with zero attached hydrogens (tertiary/aromatic N) is 6. The largest absolute Gasteiger partial charge is 0.444 e. The van der Waals surface area contributed by atoms with Gasteiger partial charge in [-0.1, -0.05) is 18.1 Å². The molecule has 1 saturated heterocycles. The normalized spacial score (nSPS) is 15.6. The summed E-state index contributed by atoms with van der Waals surface area (Å²) in [7, 11) is 0. The van der Waals surface area contributed by atoms with Crippen molar-refractivity contribution < 1.29 is 9.53 Å². The van der Waals surface area contributed by atoms with Crippen molar-refractivity contribution >= 4 is 34.0 Å². The molecule has 40 heavy (non-hydrogen) atoms. The van der Waals surface area contributed by atoms with Crippen LogP contribution < -0.4 is 21.3 Å². The maximum Gasteiger partial charge on any atom is 0.407 e. The van der Waals surface area contributed by atoms with Gasteiger partial charge in [-0.15, -0.1) is 5.92 Å². The molecule has 1 fully saturated rings. The van der Waals surface area contributed by atoms with Crippen molar-refractivity contribution in [2.24, 2.45) is 0 Å². The minimum Gasteiger partial charge on any atom is -0.444 e. The van der Waals surface area contributed by atoms with Gasteiger partial charge in [0.1, 0.15) is 29.0 Å². The molecule has 1 aliphatic heterocycles. The van der Waals surface area contributed by atoms with Gasteiger partial charge in [0.15, 0.2) is 0 Å². The summed E-state index contributed by atoms with van der Waals surface area (Å²) in [5, 5.41) is 7.75. The molecule has 1 aliphatic rings. The first-order chi connectivity index (χ1) is 19.1. The van der Waals surface area contributed by atoms with E-state index in [0.717, 1.165) is 12.8 Å². The Morgan fingerprint density at radius 2 is 2.00 bits per heavy atom. The van der Waals surface area contributed by atoms with Gasteiger partial charge in [0.05, 0.1) is 23.6 Å². The van der Waals surface area contributed by atoms with Gasteiger partial charge < -0.3 is 19.9 Å². The number of carbonyl (C=O) groups is 1. The van der Waals surface area contributed by atoms with Crippen LogP contribution >= 0.6 is 0 Å². The fourth-order valence-electron chi connectivity index (χ4n) is 4.84. The number of rotatable bonds is 5. The monoisotopic (exact) mass is 544 g/mol. The Morgan fingerprint density at radius 1 is 1.20 bits per heavy atom. The lowest BCUT2D eigenvalue weighted by molar-refractivity contribution is 0.0499. The molecule has 0 unspecified atom stereocenters. The summed E-state index contributed by atoms with van der Waals surface area (Å²) < 4.78 is 8.48. The molecule has 12 heteroatoms. The van der Waals surface area contributed by atoms with Gasteiger partial charge in [0.2, 0.25) is 5.95 Å². The van der Waals surface area contributed by atoms with E-state index in [0.29, 0.717) is 46.8 Å². The third kappa shape index (κ3) is 5.68. The van der Waals surface area contributed by atoms with Gasteiger partial charge >= 0.3 is 6.09 Å². The number of nitrogens with one attached hydrogen (secondary N) is 2. The van der Waals surface area contributed by atoms with E-state index in [1.54, 1.807) is 35.8 Å². The molecule has 0 saturated carbocycles. The van der Waals surface area contributed by atoms with E-state index >= 15 is 0 Å². The third-order valence-corrected chi connectivity index (χ3v) is 6.53. The van der Waals surface area contributed by atoms with Crippen LogP contribution in [0.3, 0.4) is 0 Å². The number of benzene rings is 1. The summed E-state index contributed by atoms with van der Waals surface area (Å²) in [6.07, 6.45) is 2.70. The van der Waals surface area contributed by atoms with E-state index < -0.39 is 11.7 Å². The number of H-pyrrole nitrogens is 1. The van der Waals surface area contributed by atoms with E-state index in [-0.39, 0.29) is 30.2 Å². The number of ether oxygens (including phenoxy) is 1. The zero-order chi connectivity index (χ0) is 28.4. The minimum absolute atomic E-state index is 0.0135. The number of fused-ring (bicyclic) bond motifs is 2. The van der Waals surface area contributed by atoms with Crippen molar-refractivity contribution in [3.05, 3.63) is 57.0 Å². The number of imidazole rings is 1. The molecule has 1 amide bonds. The topological polar surface area (TPSA) is 140 Å². The van der Waals surface area contributed by atoms with Crippen LogP contribution in [0.2, 0.25) is 0 Å². The van der Waals surface area contributed by atoms with Crippen molar-refractivity contribution in [1.82, 2.24) is 34.6 Å². The zero-order valence-corrected chi connectivity index (χ0v) is 23.0. The molecule has 3 aromatic heterocycles. The van der Waals surface area contributed by atoms with Crippen LogP contribution in [-0.2, 0) is 17.8 Å². The highest BCUT2D eigenvalue weighted by Gasteiger charge is 2.28. The highest BCUT2D eigenvalue weighted by molar-refractivity contribution is 5.78. The molecule has 1 aromatic carbocycles. The Labute approximate surface area is 230 Å². The summed E-state index contributed by atoms with van der Waals surface area (Å²) in [6.45, 7) is 8.67. The van der Waals surface area contributed by atoms with Crippen molar-refractivity contribution in [2.45, 2.75) is 65.3 Å². The molecule has 2 N–H and O–H groups in total. The van der Waals surface area contributed by atoms with Gasteiger partial charge in [-0.25, -0.2) is 19.4 Å². The van der Waals surface area contributed by atoms with Gasteiger partial charge in [0, 0.05) is 19.1 Å². The van der Waals surface area contributed by atoms with Crippen molar-refractivity contribution in [3.8, 4) is 11.8 Å². The number of anilines is 1. The number of carbonyl (C=O) groups excluding carboxylic acids is 1. The van der Waals surface area contributed by atoms with Crippen molar-refractivity contribution in [1.29, 1.82) is 0 Å². The average molecular weight is 545 g/mol. The number of piperidine rings is 1. The van der Waals surface area contributed by atoms with Crippen LogP contribution in [0.5, 0.6) is 0 Å². The van der Waals surface area contributed by atoms with Crippen molar-refractivity contribution in [2.75, 3.05) is 18.0 Å². The fraction of sp³-hybridized carbons (Fsp3) is 0.429. The molecule has 0 spiro atoms. The number of aromatic amines is 1. The Balaban J connectivity index is 1.47. The smallest absolute Gasteiger partial charge is 0.407 e. The highest BCUT2D eigenvalue weighted by atomic mass is 16.6. The standard InChI is InChI=1S/C28H32N8O4/c1-5-6-14-35-23-21(32-26(35)34-13-9-10-18(16-34)30-27(39)40-28(2,3)4)15-29-36(25(23)38)17-22-31-20-12-8-7-11-19(20)24(37)33-22/h7-8,11-12,15,18H,9-10,13-14,16-17H2,1-4H3,(H,30,39)(H,31,33,37)/t18-/m1/s1. The lowest BCUT2D eigenvalue weighted by Crippen LogP contribution is -2.49. The predicted molar refractivity (Wildman–Crippen MR) is 151 cm³/mol. The van der Waals surface area contributed by atoms with Crippen LogP contribution in [0.25, 0.3) is 21.9 Å². The molecule has 0 radical (unpaired) electrons. The van der Waals surface area contributed by atoms with E-state index in [1.807, 2.05) is 20.8 Å². The van der Waals surface area contributed by atoms with Crippen LogP contribution in [0.1, 0.15) is 46.4 Å². The van der Waals surface area contributed by atoms with Gasteiger partial charge in [-0.2, -0.15) is 5.10 Å². The predicted octanol–water partition coefficient (Wildman–Crippen LogP) is 2.39. The van der Waals surface area contributed by atoms with Gasteiger partial charge in [-0.05, 0) is 52.7 Å². The number of hydrogen-bond acceptors (Lipinski definition) is 8. The lowest BCUT2D eigenvalue weighted by atomic mass is 10.1. The molecule has 1 atom stereocenters. The summed E-state index contributed by atoms with van der Waals surface area (Å²) >= 11 is 0. The maximum atomic E-state index is 13.7. The third-order valence-electron chi connectivity index (χ3n) is 6.53. The number of hydrogen-bond donors (Lipinski definition) is 2. The Hall–Kier alpha value is -4.66. The molecule has 5 rings (SSSR count). The molecule has 12 nitrogen and oxygen atoms in total. The Kier molecular flexibility index (Phi) is 7.30. The number of alkyl carbamates (subject to hydrolysis) is 1. The highest BCUT2D eigenvalue weighted by Crippen LogP contribution is 2.24. The van der Waals surface area contributed by atoms with E-state index in [2.05, 4.69) is 37.1 Å². The van der Waals surface area contributed by atoms with Crippen LogP contribution in [-0.4, -0.2) is 60.1 Å². The summed E-state index contributed by atoms with van der Waals surface area (Å²) in [5.74, 6) is 6.84. The second-order valence-electron chi connectivity index (χ2n) is 10.7. The quantitative estimate of drug-likeness (QED) is 0.365. The molecule has 208 valence electrons. The maximum absolute atomic E-state index is 13.7. The Morgan fingerprint density at radius 3 is 2.77 bits per heavy atom. The second-order valence-corrected chi connectivity index (χ2v) is 10.7. The first kappa shape index (κ1) is 26.9. The SMILES string of the molecule is CC#CCn1c(N2CCC[C@@H](NC(=O)OC(C)(C)C)C2)nc2cnn(Cc3nc4ccccc4c(=O)[nH]3)c(=O)c21. The molecule has 4 aromatic rings. The molecular weight excluding hydrogens is 512 g/mol. The number of para-hydroxylation sites is 1. The van der Waals surface area contributed by atoms with Gasteiger partial charge in [-0.3, -0.25) is 14.2 Å². The molecule has 0 bridgehead atoms. The number of amides is 1. The van der Waals surface area contributed by atoms with Crippen molar-refractivity contribution in [3.63, 3.8) is 0 Å². The minimum atomic E-state index is -0.590. The first-order valence-electron chi connectivity index (χ1n) is 13.2. The second kappa shape index (κ2) is 10.8. The lowest BCUT2D eigenvalue weighted by Gasteiger charge is -2.34. The summed E-state index contributed by atoms with van der Waals surface area (Å²) in [4.78, 5) is 52.6. The fourth-order valence-corrected chi connectivity index (χ4v) is 4.84. The van der Waals surface area contributed by atoms with Crippen LogP contribution in [0.15, 0.2) is 40.1 Å². The summed E-state index contributed by atoms with van der Waals surface area (Å²) in [6, 6.07) is 6.89. The van der Waals surface area contributed by atoms with Gasteiger partial charge in [0.25, 0.3) is 11.1 Å². The molecule has 0 aliphatic carbocycles. The molecule has 4 heterocycles. The van der Waals surface area contributed by atoms with Crippen LogP contribution in [0.4, 0.5) is 10.7 Å². The van der Waals surface area contributed by atoms with E-state index in [1.165, 1.54) is 10.9 Å². The van der Waals surface area contributed by atoms with E-state index in [4.69, 9.17) is 9.72 Å². The summed E-state index contributed by atoms with van der Waals surface area (Å²) in [5.41, 5.74) is 0.105. The Bertz CT molecular complexity index is 1750. The van der Waals surface area contributed by atoms with E-state index in [9.17, 15) is 14.4 Å². The number of aromatic nitrogens is 6. The average Bonchev–Trinajstić information content (AvgIpc) is 3.27. The molecular formula is C28H32N8O4. The van der Waals surface area contributed by atoms with Crippen LogP contribution in [0, 0.1) is 11.8 Å². The first-order valence-corrected chi connectivity index (χ1v) is 13.2.